The van der Waals surface area contributed by atoms with Crippen molar-refractivity contribution >= 4 is 10.1 Å². The molecular weight excluding hydrogens is 593 g/mol. The zero-order valence-electron chi connectivity index (χ0n) is 21.4. The topological polar surface area (TPSA) is 57.2 Å². The van der Waals surface area contributed by atoms with Crippen LogP contribution in [0.5, 0.6) is 0 Å². The monoisotopic (exact) mass is 623 g/mol. The smallest absolute Gasteiger partial charge is 0.460 e. The molecule has 0 radical (unpaired) electrons. The highest BCUT2D eigenvalue weighted by molar-refractivity contribution is 7.90. The molecule has 0 spiro atoms. The summed E-state index contributed by atoms with van der Waals surface area (Å²) in [5.74, 6) is -39.5. The minimum absolute atomic E-state index is 0.291. The lowest BCUT2D eigenvalue weighted by Crippen LogP contribution is -2.69. The van der Waals surface area contributed by atoms with Gasteiger partial charge >= 0.3 is 35.8 Å². The van der Waals surface area contributed by atoms with Crippen molar-refractivity contribution in [3.05, 3.63) is 0 Å². The van der Waals surface area contributed by atoms with Crippen LogP contribution in [0.15, 0.2) is 0 Å². The predicted molar refractivity (Wildman–Crippen MR) is 114 cm³/mol. The first kappa shape index (κ1) is 39.7. The van der Waals surface area contributed by atoms with Gasteiger partial charge in [-0.15, -0.1) is 0 Å². The van der Waals surface area contributed by atoms with Crippen molar-refractivity contribution in [2.24, 2.45) is 0 Å². The lowest BCUT2D eigenvalue weighted by molar-refractivity contribution is -0.910. The fraction of sp³-hybridized carbons (Fsp3) is 0.905. The predicted octanol–water partition coefficient (Wildman–Crippen LogP) is 7.06. The van der Waals surface area contributed by atoms with Crippen LogP contribution in [0, 0.1) is 11.2 Å². The summed E-state index contributed by atoms with van der Waals surface area (Å²) < 4.78 is 193. The zero-order valence-corrected chi connectivity index (χ0v) is 22.2. The van der Waals surface area contributed by atoms with Crippen molar-refractivity contribution in [1.82, 2.24) is 0 Å². The maximum atomic E-state index is 12.9. The first-order chi connectivity index (χ1) is 17.1. The molecule has 4 nitrogen and oxygen atoms in total. The molecule has 0 aliphatic carbocycles. The van der Waals surface area contributed by atoms with Gasteiger partial charge in [-0.25, -0.2) is 8.42 Å². The van der Waals surface area contributed by atoms with E-state index in [0.29, 0.717) is 0 Å². The summed E-state index contributed by atoms with van der Waals surface area (Å²) in [5, 5.41) is -0.291. The van der Waals surface area contributed by atoms with E-state index < -0.39 is 51.8 Å². The Morgan fingerprint density at radius 1 is 0.615 bits per heavy atom. The van der Waals surface area contributed by atoms with Gasteiger partial charge in [0.25, 0.3) is 0 Å². The van der Waals surface area contributed by atoms with E-state index in [1.165, 1.54) is 62.6 Å². The van der Waals surface area contributed by atoms with Crippen molar-refractivity contribution in [2.75, 3.05) is 26.7 Å². The largest absolute Gasteiger partial charge is 0.738 e. The maximum absolute atomic E-state index is 12.9. The molecule has 0 aromatic carbocycles. The van der Waals surface area contributed by atoms with Gasteiger partial charge in [-0.05, 0) is 25.2 Å². The fourth-order valence-corrected chi connectivity index (χ4v) is 3.18. The molecule has 18 heteroatoms. The minimum atomic E-state index is -8.12. The van der Waals surface area contributed by atoms with Crippen LogP contribution in [0.25, 0.3) is 0 Å². The third-order valence-corrected chi connectivity index (χ3v) is 5.77. The van der Waals surface area contributed by atoms with E-state index in [1.807, 2.05) is 0 Å². The normalized spacial score (nSPS) is 14.3. The Balaban J connectivity index is 0. The van der Waals surface area contributed by atoms with Crippen LogP contribution in [0.4, 0.5) is 57.1 Å². The van der Waals surface area contributed by atoms with Gasteiger partial charge < -0.3 is 9.04 Å². The Labute approximate surface area is 218 Å². The Morgan fingerprint density at radius 2 is 0.923 bits per heavy atom. The molecule has 39 heavy (non-hydrogen) atoms. The van der Waals surface area contributed by atoms with Crippen LogP contribution in [-0.4, -0.2) is 79.9 Å². The second-order valence-corrected chi connectivity index (χ2v) is 10.0. The number of nitrogens with zero attached hydrogens (tertiary/aromatic N) is 1. The average Bonchev–Trinajstić information content (AvgIpc) is 2.77. The summed E-state index contributed by atoms with van der Waals surface area (Å²) in [6.45, 7) is 11.0. The Kier molecular flexibility index (Phi) is 14.2. The number of alkyl halides is 13. The third kappa shape index (κ3) is 10.1. The van der Waals surface area contributed by atoms with Crippen LogP contribution in [0.2, 0.25) is 0 Å². The minimum Gasteiger partial charge on any atom is -0.738 e. The van der Waals surface area contributed by atoms with Crippen LogP contribution in [0.3, 0.4) is 0 Å². The first-order valence-corrected chi connectivity index (χ1v) is 12.8. The zero-order chi connectivity index (χ0) is 31.8. The van der Waals surface area contributed by atoms with E-state index in [0.717, 1.165) is 0 Å². The third-order valence-electron chi connectivity index (χ3n) is 5.42. The van der Waals surface area contributed by atoms with E-state index in [4.69, 9.17) is 0 Å². The van der Waals surface area contributed by atoms with E-state index in [2.05, 4.69) is 27.8 Å². The quantitative estimate of drug-likeness (QED) is 0.0956. The van der Waals surface area contributed by atoms with Crippen molar-refractivity contribution in [3.8, 4) is 11.2 Å². The average molecular weight is 624 g/mol. The molecule has 0 aromatic rings. The Hall–Kier alpha value is -1.48. The summed E-state index contributed by atoms with van der Waals surface area (Å²) in [6, 6.07) is 0. The van der Waals surface area contributed by atoms with E-state index in [-0.39, 0.29) is 5.25 Å². The molecule has 0 unspecified atom stereocenters. The molecular formula is C21H30F13NO3S. The highest BCUT2D eigenvalue weighted by Gasteiger charge is 2.90. The molecule has 0 heterocycles. The van der Waals surface area contributed by atoms with Gasteiger partial charge in [-0.3, -0.25) is 0 Å². The molecule has 0 saturated carbocycles. The summed E-state index contributed by atoms with van der Waals surface area (Å²) in [7, 11) is -3.69. The maximum Gasteiger partial charge on any atom is 0.460 e. The molecule has 0 fully saturated rings. The number of hydrogen-bond acceptors (Lipinski definition) is 3. The van der Waals surface area contributed by atoms with Gasteiger partial charge in [0, 0.05) is 5.25 Å². The second-order valence-electron chi connectivity index (χ2n) is 8.90. The molecule has 0 aliphatic heterocycles. The molecule has 0 aliphatic rings. The fourth-order valence-electron chi connectivity index (χ4n) is 2.93. The van der Waals surface area contributed by atoms with Gasteiger partial charge in [-0.2, -0.15) is 57.1 Å². The SMILES string of the molecule is CCCC[N+](C)(CCCC)CCCC.O=S(=O)([O-])C#CC(F)(F)C(F)(F)C(F)(F)C(F)(F)C(F)(F)C(F)(F)F. The molecule has 0 aromatic heterocycles. The highest BCUT2D eigenvalue weighted by atomic mass is 32.2. The lowest BCUT2D eigenvalue weighted by Gasteiger charge is -2.38. The molecule has 0 bridgehead atoms. The van der Waals surface area contributed by atoms with Gasteiger partial charge in [0.05, 0.1) is 26.7 Å². The lowest BCUT2D eigenvalue weighted by atomic mass is 9.94. The van der Waals surface area contributed by atoms with Gasteiger partial charge in [0.1, 0.15) is 0 Å². The first-order valence-electron chi connectivity index (χ1n) is 11.4. The van der Waals surface area contributed by atoms with E-state index in [9.17, 15) is 70.0 Å². The van der Waals surface area contributed by atoms with E-state index >= 15 is 0 Å². The number of quaternary nitrogens is 1. The number of rotatable bonds is 13. The van der Waals surface area contributed by atoms with Crippen molar-refractivity contribution < 1.29 is 74.5 Å². The standard InChI is InChI=1S/C13H30N.C8HF13O3S/c1-5-8-11-14(4,12-9-6-2)13-10-7-3;9-3(10,1-2-25(22,23)24)4(11,12)5(13,14)6(15,16)7(17,18)8(19,20)21/h5-13H2,1-4H3;(H,22,23,24)/q+1;/p-1. The van der Waals surface area contributed by atoms with Crippen LogP contribution < -0.4 is 0 Å². The number of unbranched alkanes of at least 4 members (excludes halogenated alkanes) is 3. The summed E-state index contributed by atoms with van der Waals surface area (Å²) >= 11 is 0. The van der Waals surface area contributed by atoms with E-state index in [1.54, 1.807) is 0 Å². The van der Waals surface area contributed by atoms with Crippen molar-refractivity contribution in [1.29, 1.82) is 0 Å². The molecule has 0 saturated heterocycles. The second kappa shape index (κ2) is 13.9. The van der Waals surface area contributed by atoms with Crippen molar-refractivity contribution in [2.45, 2.75) is 95.1 Å². The molecule has 0 N–H and O–H groups in total. The number of hydrogen-bond donors (Lipinski definition) is 0. The van der Waals surface area contributed by atoms with Crippen LogP contribution in [0.1, 0.15) is 59.3 Å². The Bertz CT molecular complexity index is 902. The number of halogens is 13. The molecule has 234 valence electrons. The summed E-state index contributed by atoms with van der Waals surface area (Å²) in [5.41, 5.74) is 0. The van der Waals surface area contributed by atoms with Crippen molar-refractivity contribution in [3.63, 3.8) is 0 Å². The van der Waals surface area contributed by atoms with Gasteiger partial charge in [0.15, 0.2) is 10.1 Å². The van der Waals surface area contributed by atoms with Crippen LogP contribution in [-0.2, 0) is 10.1 Å². The van der Waals surface area contributed by atoms with Gasteiger partial charge in [0.2, 0.25) is 0 Å². The van der Waals surface area contributed by atoms with Crippen LogP contribution >= 0.6 is 0 Å². The Morgan fingerprint density at radius 3 is 1.18 bits per heavy atom. The van der Waals surface area contributed by atoms with Gasteiger partial charge in [-0.1, -0.05) is 40.0 Å². The summed E-state index contributed by atoms with van der Waals surface area (Å²) in [4.78, 5) is 0. The summed E-state index contributed by atoms with van der Waals surface area (Å²) in [6.07, 6.45) is 0.636. The molecule has 0 atom stereocenters. The molecule has 0 rings (SSSR count). The molecule has 0 amide bonds. The highest BCUT2D eigenvalue weighted by Crippen LogP contribution is 2.60.